The van der Waals surface area contributed by atoms with Gasteiger partial charge in [-0.1, -0.05) is 226 Å². The van der Waals surface area contributed by atoms with Crippen molar-refractivity contribution in [2.24, 2.45) is 0 Å². The van der Waals surface area contributed by atoms with Crippen LogP contribution in [0.4, 0.5) is 0 Å². The number of carbonyl (C=O) groups excluding carboxylic acids is 1. The van der Waals surface area contributed by atoms with Gasteiger partial charge in [0.05, 0.1) is 18.8 Å². The van der Waals surface area contributed by atoms with Crippen LogP contribution in [0.2, 0.25) is 0 Å². The molecule has 0 aliphatic heterocycles. The molecule has 4 unspecified atom stereocenters. The lowest BCUT2D eigenvalue weighted by molar-refractivity contribution is -0.132. The molecule has 0 radical (unpaired) electrons. The van der Waals surface area contributed by atoms with E-state index in [-0.39, 0.29) is 0 Å². The zero-order valence-electron chi connectivity index (χ0n) is 33.0. The summed E-state index contributed by atoms with van der Waals surface area (Å²) in [5.41, 5.74) is 0. The molecule has 0 aromatic rings. The van der Waals surface area contributed by atoms with E-state index in [1.807, 2.05) is 0 Å². The summed E-state index contributed by atoms with van der Waals surface area (Å²) in [5, 5.41) is 42.9. The van der Waals surface area contributed by atoms with Crippen molar-refractivity contribution in [3.8, 4) is 0 Å². The fourth-order valence-electron chi connectivity index (χ4n) is 7.05. The van der Waals surface area contributed by atoms with Gasteiger partial charge in [-0.25, -0.2) is 0 Å². The minimum atomic E-state index is -1.25. The topological polar surface area (TPSA) is 110 Å². The number of nitrogens with one attached hydrogen (secondary N) is 1. The Morgan fingerprint density at radius 2 is 0.694 bits per heavy atom. The molecular formula is C43H87NO5. The molecule has 1 amide bonds. The largest absolute Gasteiger partial charge is 0.394 e. The number of carbonyl (C=O) groups is 1. The van der Waals surface area contributed by atoms with Gasteiger partial charge in [0.15, 0.2) is 0 Å². The van der Waals surface area contributed by atoms with E-state index in [1.165, 1.54) is 167 Å². The molecule has 0 aromatic carbocycles. The summed E-state index contributed by atoms with van der Waals surface area (Å²) in [4.78, 5) is 12.4. The van der Waals surface area contributed by atoms with Gasteiger partial charge in [0.2, 0.25) is 5.91 Å². The summed E-state index contributed by atoms with van der Waals surface area (Å²) in [6.45, 7) is 3.92. The molecular weight excluding hydrogens is 610 g/mol. The number of unbranched alkanes of at least 4 members (excludes halogenated alkanes) is 31. The van der Waals surface area contributed by atoms with Crippen molar-refractivity contribution in [1.29, 1.82) is 0 Å². The second-order valence-corrected chi connectivity index (χ2v) is 15.4. The molecule has 0 heterocycles. The summed E-state index contributed by atoms with van der Waals surface area (Å²) in [7, 11) is 0. The van der Waals surface area contributed by atoms with Crippen molar-refractivity contribution < 1.29 is 25.2 Å². The molecule has 0 aliphatic rings. The Hall–Kier alpha value is -0.690. The molecule has 6 nitrogen and oxygen atoms in total. The highest BCUT2D eigenvalue weighted by molar-refractivity contribution is 5.80. The third kappa shape index (κ3) is 32.9. The van der Waals surface area contributed by atoms with Crippen molar-refractivity contribution in [2.45, 2.75) is 263 Å². The van der Waals surface area contributed by atoms with Gasteiger partial charge in [-0.15, -0.1) is 0 Å². The zero-order chi connectivity index (χ0) is 36.0. The number of amides is 1. The first kappa shape index (κ1) is 48.3. The zero-order valence-corrected chi connectivity index (χ0v) is 33.0. The number of hydrogen-bond acceptors (Lipinski definition) is 5. The predicted molar refractivity (Wildman–Crippen MR) is 210 cm³/mol. The molecule has 0 aliphatic carbocycles. The van der Waals surface area contributed by atoms with Crippen LogP contribution in [-0.4, -0.2) is 57.3 Å². The maximum atomic E-state index is 12.4. The molecule has 0 aromatic heterocycles. The minimum Gasteiger partial charge on any atom is -0.394 e. The highest BCUT2D eigenvalue weighted by atomic mass is 16.3. The van der Waals surface area contributed by atoms with Gasteiger partial charge in [-0.05, 0) is 12.8 Å². The Labute approximate surface area is 305 Å². The minimum absolute atomic E-state index is 0.374. The van der Waals surface area contributed by atoms with Gasteiger partial charge in [0.25, 0.3) is 0 Å². The molecule has 5 N–H and O–H groups in total. The first-order valence-electron chi connectivity index (χ1n) is 21.9. The van der Waals surface area contributed by atoms with Crippen LogP contribution in [0.3, 0.4) is 0 Å². The molecule has 0 saturated carbocycles. The van der Waals surface area contributed by atoms with E-state index in [0.717, 1.165) is 44.9 Å². The molecule has 0 bridgehead atoms. The number of hydrogen-bond donors (Lipinski definition) is 5. The third-order valence-corrected chi connectivity index (χ3v) is 10.6. The van der Waals surface area contributed by atoms with Gasteiger partial charge in [-0.3, -0.25) is 4.79 Å². The Balaban J connectivity index is 3.43. The quantitative estimate of drug-likeness (QED) is 0.0409. The van der Waals surface area contributed by atoms with E-state index in [2.05, 4.69) is 19.2 Å². The Kier molecular flexibility index (Phi) is 38.0. The summed E-state index contributed by atoms with van der Waals surface area (Å²) in [6.07, 6.45) is 40.8. The molecule has 0 saturated heterocycles. The Bertz CT molecular complexity index is 662. The monoisotopic (exact) mass is 698 g/mol. The highest BCUT2D eigenvalue weighted by Crippen LogP contribution is 2.17. The van der Waals surface area contributed by atoms with Crippen molar-refractivity contribution in [2.75, 3.05) is 6.61 Å². The number of aliphatic hydroxyl groups is 4. The number of rotatable bonds is 40. The van der Waals surface area contributed by atoms with Crippen LogP contribution in [0.5, 0.6) is 0 Å². The average molecular weight is 698 g/mol. The van der Waals surface area contributed by atoms with Crippen LogP contribution in [0.15, 0.2) is 0 Å². The normalized spacial score (nSPS) is 14.2. The van der Waals surface area contributed by atoms with Crippen molar-refractivity contribution in [3.63, 3.8) is 0 Å². The van der Waals surface area contributed by atoms with E-state index in [4.69, 9.17) is 0 Å². The SMILES string of the molecule is CCCCCCCCCCCCCCCCCCCCCCCCCCCCCCCC(O)C(=O)NC(CO)C(O)C(O)CCCCCC. The predicted octanol–water partition coefficient (Wildman–Crippen LogP) is 11.2. The van der Waals surface area contributed by atoms with Crippen LogP contribution in [0.1, 0.15) is 239 Å². The van der Waals surface area contributed by atoms with Crippen LogP contribution >= 0.6 is 0 Å². The maximum Gasteiger partial charge on any atom is 0.249 e. The van der Waals surface area contributed by atoms with Crippen LogP contribution < -0.4 is 5.32 Å². The van der Waals surface area contributed by atoms with Crippen molar-refractivity contribution in [3.05, 3.63) is 0 Å². The molecule has 0 spiro atoms. The van der Waals surface area contributed by atoms with Crippen molar-refractivity contribution in [1.82, 2.24) is 5.32 Å². The van der Waals surface area contributed by atoms with Crippen LogP contribution in [0.25, 0.3) is 0 Å². The first-order chi connectivity index (χ1) is 24.0. The molecule has 6 heteroatoms. The lowest BCUT2D eigenvalue weighted by atomic mass is 9.99. The summed E-state index contributed by atoms with van der Waals surface area (Å²) >= 11 is 0. The Morgan fingerprint density at radius 1 is 0.429 bits per heavy atom. The summed E-state index contributed by atoms with van der Waals surface area (Å²) < 4.78 is 0. The van der Waals surface area contributed by atoms with Gasteiger partial charge in [-0.2, -0.15) is 0 Å². The van der Waals surface area contributed by atoms with Crippen LogP contribution in [-0.2, 0) is 4.79 Å². The molecule has 4 atom stereocenters. The fraction of sp³-hybridized carbons (Fsp3) is 0.977. The first-order valence-corrected chi connectivity index (χ1v) is 21.9. The number of aliphatic hydroxyl groups excluding tert-OH is 4. The van der Waals surface area contributed by atoms with Gasteiger partial charge in [0, 0.05) is 0 Å². The van der Waals surface area contributed by atoms with Gasteiger partial charge >= 0.3 is 0 Å². The highest BCUT2D eigenvalue weighted by Gasteiger charge is 2.28. The third-order valence-electron chi connectivity index (χ3n) is 10.6. The molecule has 294 valence electrons. The molecule has 49 heavy (non-hydrogen) atoms. The lowest BCUT2D eigenvalue weighted by Crippen LogP contribution is -2.53. The average Bonchev–Trinajstić information content (AvgIpc) is 3.11. The van der Waals surface area contributed by atoms with Gasteiger partial charge in [0.1, 0.15) is 12.2 Å². The fourth-order valence-corrected chi connectivity index (χ4v) is 7.05. The molecule has 0 fully saturated rings. The summed E-state index contributed by atoms with van der Waals surface area (Å²) in [5.74, 6) is -0.587. The second-order valence-electron chi connectivity index (χ2n) is 15.4. The summed E-state index contributed by atoms with van der Waals surface area (Å²) in [6, 6.07) is -0.975. The maximum absolute atomic E-state index is 12.4. The van der Waals surface area contributed by atoms with E-state index in [1.54, 1.807) is 0 Å². The lowest BCUT2D eigenvalue weighted by Gasteiger charge is -2.27. The van der Waals surface area contributed by atoms with Crippen LogP contribution in [0, 0.1) is 0 Å². The standard InChI is InChI=1S/C43H87NO5/c1-3-5-7-9-10-11-12-13-14-15-16-17-18-19-20-21-22-23-24-25-26-27-28-29-30-31-32-33-35-37-41(47)43(49)44-39(38-45)42(48)40(46)36-34-8-6-4-2/h39-42,45-48H,3-38H2,1-2H3,(H,44,49). The Morgan fingerprint density at radius 3 is 1.00 bits per heavy atom. The van der Waals surface area contributed by atoms with E-state index in [9.17, 15) is 25.2 Å². The van der Waals surface area contributed by atoms with E-state index < -0.39 is 36.9 Å². The van der Waals surface area contributed by atoms with E-state index >= 15 is 0 Å². The smallest absolute Gasteiger partial charge is 0.249 e. The second kappa shape index (κ2) is 38.5. The van der Waals surface area contributed by atoms with Crippen molar-refractivity contribution >= 4 is 5.91 Å². The van der Waals surface area contributed by atoms with Gasteiger partial charge < -0.3 is 25.7 Å². The molecule has 0 rings (SSSR count). The van der Waals surface area contributed by atoms with E-state index in [0.29, 0.717) is 12.8 Å².